The summed E-state index contributed by atoms with van der Waals surface area (Å²) in [5, 5.41) is 0. The van der Waals surface area contributed by atoms with Crippen LogP contribution in [0.4, 0.5) is 4.39 Å². The molecule has 0 saturated carbocycles. The molecule has 11 heavy (non-hydrogen) atoms. The van der Waals surface area contributed by atoms with E-state index in [1.807, 2.05) is 0 Å². The second-order valence-electron chi connectivity index (χ2n) is 2.16. The average Bonchev–Trinajstić information content (AvgIpc) is 1.94. The normalized spacial score (nSPS) is 9.64. The standard InChI is InChI=1S/C7H7FN2O/c1-4-2-3-5(8)10-6(4)7(9)11/h2-3H,1H3,(H2,9,11). The molecule has 0 spiro atoms. The fourth-order valence-corrected chi connectivity index (χ4v) is 0.754. The third-order valence-corrected chi connectivity index (χ3v) is 1.30. The molecular weight excluding hydrogens is 147 g/mol. The van der Waals surface area contributed by atoms with Gasteiger partial charge in [0.15, 0.2) is 0 Å². The monoisotopic (exact) mass is 154 g/mol. The summed E-state index contributed by atoms with van der Waals surface area (Å²) in [6.07, 6.45) is 0. The lowest BCUT2D eigenvalue weighted by Crippen LogP contribution is -2.15. The van der Waals surface area contributed by atoms with Crippen molar-refractivity contribution >= 4 is 5.91 Å². The highest BCUT2D eigenvalue weighted by Gasteiger charge is 2.06. The molecule has 0 unspecified atom stereocenters. The van der Waals surface area contributed by atoms with Crippen LogP contribution in [0.15, 0.2) is 12.1 Å². The van der Waals surface area contributed by atoms with Crippen LogP contribution in [-0.4, -0.2) is 10.9 Å². The van der Waals surface area contributed by atoms with Crippen LogP contribution in [0.5, 0.6) is 0 Å². The maximum Gasteiger partial charge on any atom is 0.267 e. The summed E-state index contributed by atoms with van der Waals surface area (Å²) in [7, 11) is 0. The van der Waals surface area contributed by atoms with Gasteiger partial charge in [-0.3, -0.25) is 4.79 Å². The first kappa shape index (κ1) is 7.65. The van der Waals surface area contributed by atoms with E-state index in [1.54, 1.807) is 6.92 Å². The Labute approximate surface area is 63.0 Å². The summed E-state index contributed by atoms with van der Waals surface area (Å²) in [5.41, 5.74) is 5.49. The topological polar surface area (TPSA) is 56.0 Å². The maximum atomic E-state index is 12.4. The van der Waals surface area contributed by atoms with Crippen molar-refractivity contribution in [3.8, 4) is 0 Å². The molecule has 0 bridgehead atoms. The SMILES string of the molecule is Cc1ccc(F)nc1C(N)=O. The molecule has 1 rings (SSSR count). The van der Waals surface area contributed by atoms with Crippen LogP contribution < -0.4 is 5.73 Å². The second-order valence-corrected chi connectivity index (χ2v) is 2.16. The van der Waals surface area contributed by atoms with Crippen molar-refractivity contribution < 1.29 is 9.18 Å². The Bertz CT molecular complexity index is 298. The number of amides is 1. The number of hydrogen-bond donors (Lipinski definition) is 1. The second kappa shape index (κ2) is 2.65. The van der Waals surface area contributed by atoms with Crippen molar-refractivity contribution in [2.45, 2.75) is 6.92 Å². The first-order valence-corrected chi connectivity index (χ1v) is 3.04. The summed E-state index contributed by atoms with van der Waals surface area (Å²) in [5.74, 6) is -1.40. The molecule has 1 amide bonds. The Morgan fingerprint density at radius 1 is 1.64 bits per heavy atom. The Balaban J connectivity index is 3.23. The zero-order valence-corrected chi connectivity index (χ0v) is 5.97. The Morgan fingerprint density at radius 2 is 2.27 bits per heavy atom. The Morgan fingerprint density at radius 3 is 2.73 bits per heavy atom. The van der Waals surface area contributed by atoms with Gasteiger partial charge in [-0.2, -0.15) is 4.39 Å². The molecule has 58 valence electrons. The van der Waals surface area contributed by atoms with E-state index in [1.165, 1.54) is 12.1 Å². The highest BCUT2D eigenvalue weighted by atomic mass is 19.1. The highest BCUT2D eigenvalue weighted by molar-refractivity contribution is 5.92. The highest BCUT2D eigenvalue weighted by Crippen LogP contribution is 2.03. The van der Waals surface area contributed by atoms with Gasteiger partial charge in [-0.15, -0.1) is 0 Å². The summed E-state index contributed by atoms with van der Waals surface area (Å²) in [6, 6.07) is 2.64. The molecule has 3 nitrogen and oxygen atoms in total. The fraction of sp³-hybridized carbons (Fsp3) is 0.143. The summed E-state index contributed by atoms with van der Waals surface area (Å²) >= 11 is 0. The number of pyridine rings is 1. The molecule has 0 radical (unpaired) electrons. The van der Waals surface area contributed by atoms with Gasteiger partial charge in [-0.05, 0) is 18.6 Å². The van der Waals surface area contributed by atoms with E-state index in [-0.39, 0.29) is 5.69 Å². The van der Waals surface area contributed by atoms with Crippen LogP contribution in [0.3, 0.4) is 0 Å². The van der Waals surface area contributed by atoms with E-state index in [0.717, 1.165) is 0 Å². The number of nitrogens with zero attached hydrogens (tertiary/aromatic N) is 1. The van der Waals surface area contributed by atoms with Crippen molar-refractivity contribution in [2.24, 2.45) is 5.73 Å². The number of carbonyl (C=O) groups is 1. The maximum absolute atomic E-state index is 12.4. The van der Waals surface area contributed by atoms with Gasteiger partial charge in [0.1, 0.15) is 5.69 Å². The van der Waals surface area contributed by atoms with Gasteiger partial charge in [-0.25, -0.2) is 4.98 Å². The van der Waals surface area contributed by atoms with Crippen LogP contribution >= 0.6 is 0 Å². The van der Waals surface area contributed by atoms with Gasteiger partial charge in [0.2, 0.25) is 5.95 Å². The molecule has 2 N–H and O–H groups in total. The zero-order chi connectivity index (χ0) is 8.43. The quantitative estimate of drug-likeness (QED) is 0.603. The molecule has 4 heteroatoms. The predicted octanol–water partition coefficient (Wildman–Crippen LogP) is 0.628. The number of carbonyl (C=O) groups excluding carboxylic acids is 1. The van der Waals surface area contributed by atoms with Crippen molar-refractivity contribution in [3.05, 3.63) is 29.3 Å². The Hall–Kier alpha value is -1.45. The van der Waals surface area contributed by atoms with Crippen LogP contribution in [0.2, 0.25) is 0 Å². The van der Waals surface area contributed by atoms with Crippen LogP contribution in [0, 0.1) is 12.9 Å². The predicted molar refractivity (Wildman–Crippen MR) is 37.4 cm³/mol. The number of hydrogen-bond acceptors (Lipinski definition) is 2. The molecule has 0 atom stereocenters. The van der Waals surface area contributed by atoms with E-state index >= 15 is 0 Å². The number of halogens is 1. The molecule has 0 aliphatic rings. The molecular formula is C7H7FN2O. The molecule has 1 aromatic rings. The van der Waals surface area contributed by atoms with Crippen LogP contribution in [0.1, 0.15) is 16.1 Å². The largest absolute Gasteiger partial charge is 0.364 e. The Kier molecular flexibility index (Phi) is 1.85. The minimum Gasteiger partial charge on any atom is -0.364 e. The third-order valence-electron chi connectivity index (χ3n) is 1.30. The molecule has 0 saturated heterocycles. The first-order valence-electron chi connectivity index (χ1n) is 3.04. The van der Waals surface area contributed by atoms with E-state index in [9.17, 15) is 9.18 Å². The first-order chi connectivity index (χ1) is 5.11. The lowest BCUT2D eigenvalue weighted by atomic mass is 10.2. The molecule has 0 aliphatic carbocycles. The fourth-order valence-electron chi connectivity index (χ4n) is 0.754. The van der Waals surface area contributed by atoms with Gasteiger partial charge >= 0.3 is 0 Å². The average molecular weight is 154 g/mol. The molecule has 0 aromatic carbocycles. The lowest BCUT2D eigenvalue weighted by molar-refractivity contribution is 0.0994. The number of nitrogens with two attached hydrogens (primary N) is 1. The third kappa shape index (κ3) is 1.52. The summed E-state index contributed by atoms with van der Waals surface area (Å²) in [4.78, 5) is 13.9. The zero-order valence-electron chi connectivity index (χ0n) is 5.97. The number of primary amides is 1. The van der Waals surface area contributed by atoms with E-state index in [4.69, 9.17) is 5.73 Å². The van der Waals surface area contributed by atoms with Crippen molar-refractivity contribution in [2.75, 3.05) is 0 Å². The number of rotatable bonds is 1. The lowest BCUT2D eigenvalue weighted by Gasteiger charge is -1.98. The van der Waals surface area contributed by atoms with Gasteiger partial charge in [0, 0.05) is 0 Å². The van der Waals surface area contributed by atoms with Crippen molar-refractivity contribution in [1.82, 2.24) is 4.98 Å². The van der Waals surface area contributed by atoms with Crippen molar-refractivity contribution in [1.29, 1.82) is 0 Å². The minimum atomic E-state index is -0.706. The van der Waals surface area contributed by atoms with Crippen molar-refractivity contribution in [3.63, 3.8) is 0 Å². The summed E-state index contributed by atoms with van der Waals surface area (Å²) in [6.45, 7) is 1.65. The van der Waals surface area contributed by atoms with E-state index in [0.29, 0.717) is 5.56 Å². The number of aromatic nitrogens is 1. The van der Waals surface area contributed by atoms with Gasteiger partial charge in [-0.1, -0.05) is 6.07 Å². The van der Waals surface area contributed by atoms with E-state index < -0.39 is 11.9 Å². The van der Waals surface area contributed by atoms with Gasteiger partial charge in [0.05, 0.1) is 0 Å². The molecule has 0 fully saturated rings. The van der Waals surface area contributed by atoms with Gasteiger partial charge in [0.25, 0.3) is 5.91 Å². The van der Waals surface area contributed by atoms with E-state index in [2.05, 4.69) is 4.98 Å². The minimum absolute atomic E-state index is 0.00926. The smallest absolute Gasteiger partial charge is 0.267 e. The molecule has 1 heterocycles. The van der Waals surface area contributed by atoms with Crippen LogP contribution in [0.25, 0.3) is 0 Å². The molecule has 1 aromatic heterocycles. The number of aryl methyl sites for hydroxylation is 1. The molecule has 0 aliphatic heterocycles. The summed E-state index contributed by atoms with van der Waals surface area (Å²) < 4.78 is 12.4. The van der Waals surface area contributed by atoms with Gasteiger partial charge < -0.3 is 5.73 Å². The van der Waals surface area contributed by atoms with Crippen LogP contribution in [-0.2, 0) is 0 Å².